The topological polar surface area (TPSA) is 147 Å². The van der Waals surface area contributed by atoms with E-state index in [4.69, 9.17) is 5.11 Å². The fraction of sp³-hybridized carbons (Fsp3) is 0.241. The number of carbonyl (C=O) groups excluding carboxylic acids is 3. The lowest BCUT2D eigenvalue weighted by atomic mass is 10.0. The standard InChI is InChI=1S/C29H27FN6O5/c1-17(37)24-15-35(25-7-4-19(10-23(24)25)20-8-9-32-33-13-20)16-27(38)36-14-21(30)11-26(36)28(39)34-22-5-2-18(3-6-22)12-31-29(40)41/h2-10,13,15,21,26,31H,11-12,14,16H2,1H3,(H,34,39)(H,40,41)/t21-,26+/m1/s1. The number of hydrogen-bond donors (Lipinski definition) is 3. The Morgan fingerprint density at radius 2 is 1.83 bits per heavy atom. The van der Waals surface area contributed by atoms with Gasteiger partial charge in [-0.25, -0.2) is 9.18 Å². The lowest BCUT2D eigenvalue weighted by Crippen LogP contribution is -2.44. The van der Waals surface area contributed by atoms with E-state index in [9.17, 15) is 23.6 Å². The highest BCUT2D eigenvalue weighted by atomic mass is 19.1. The normalized spacial score (nSPS) is 16.5. The van der Waals surface area contributed by atoms with Crippen molar-refractivity contribution in [1.29, 1.82) is 0 Å². The summed E-state index contributed by atoms with van der Waals surface area (Å²) < 4.78 is 16.1. The molecular weight excluding hydrogens is 531 g/mol. The third kappa shape index (κ3) is 6.06. The lowest BCUT2D eigenvalue weighted by molar-refractivity contribution is -0.137. The Balaban J connectivity index is 1.33. The van der Waals surface area contributed by atoms with Crippen LogP contribution in [0, 0.1) is 0 Å². The number of halogens is 1. The maximum Gasteiger partial charge on any atom is 0.404 e. The Morgan fingerprint density at radius 1 is 1.05 bits per heavy atom. The number of anilines is 1. The van der Waals surface area contributed by atoms with Crippen molar-refractivity contribution in [2.24, 2.45) is 0 Å². The molecule has 1 saturated heterocycles. The quantitative estimate of drug-likeness (QED) is 0.280. The largest absolute Gasteiger partial charge is 0.465 e. The number of ketones is 1. The molecule has 1 fully saturated rings. The highest BCUT2D eigenvalue weighted by molar-refractivity contribution is 6.08. The summed E-state index contributed by atoms with van der Waals surface area (Å²) in [5.74, 6) is -1.14. The number of hydrogen-bond acceptors (Lipinski definition) is 6. The molecule has 4 aromatic rings. The fourth-order valence-electron chi connectivity index (χ4n) is 5.00. The number of fused-ring (bicyclic) bond motifs is 1. The van der Waals surface area contributed by atoms with Crippen molar-refractivity contribution in [3.63, 3.8) is 0 Å². The van der Waals surface area contributed by atoms with Gasteiger partial charge in [0.1, 0.15) is 18.8 Å². The molecule has 11 nitrogen and oxygen atoms in total. The van der Waals surface area contributed by atoms with Crippen molar-refractivity contribution in [3.8, 4) is 11.1 Å². The van der Waals surface area contributed by atoms with E-state index in [1.54, 1.807) is 53.5 Å². The van der Waals surface area contributed by atoms with Gasteiger partial charge in [0.05, 0.1) is 18.9 Å². The number of rotatable bonds is 8. The van der Waals surface area contributed by atoms with Crippen LogP contribution in [-0.4, -0.2) is 67.2 Å². The minimum absolute atomic E-state index is 0.111. The second-order valence-electron chi connectivity index (χ2n) is 9.83. The van der Waals surface area contributed by atoms with Crippen molar-refractivity contribution >= 4 is 40.3 Å². The van der Waals surface area contributed by atoms with Crippen molar-refractivity contribution in [1.82, 2.24) is 25.0 Å². The minimum atomic E-state index is -1.36. The summed E-state index contributed by atoms with van der Waals surface area (Å²) in [7, 11) is 0. The van der Waals surface area contributed by atoms with Crippen LogP contribution in [0.4, 0.5) is 14.9 Å². The van der Waals surface area contributed by atoms with Crippen LogP contribution in [0.3, 0.4) is 0 Å². The van der Waals surface area contributed by atoms with Crippen molar-refractivity contribution < 1.29 is 28.7 Å². The zero-order valence-electron chi connectivity index (χ0n) is 22.1. The molecule has 1 aliphatic rings. The number of Topliss-reactive ketones (excluding diaryl/α,β-unsaturated/α-hetero) is 1. The van der Waals surface area contributed by atoms with Crippen LogP contribution in [0.5, 0.6) is 0 Å². The van der Waals surface area contributed by atoms with Crippen molar-refractivity contribution in [3.05, 3.63) is 78.2 Å². The van der Waals surface area contributed by atoms with E-state index in [0.29, 0.717) is 27.7 Å². The fourth-order valence-corrected chi connectivity index (χ4v) is 5.00. The minimum Gasteiger partial charge on any atom is -0.465 e. The molecule has 1 aliphatic heterocycles. The number of nitrogens with zero attached hydrogens (tertiary/aromatic N) is 4. The molecule has 2 aromatic heterocycles. The van der Waals surface area contributed by atoms with Crippen LogP contribution < -0.4 is 10.6 Å². The Morgan fingerprint density at radius 3 is 2.51 bits per heavy atom. The summed E-state index contributed by atoms with van der Waals surface area (Å²) in [6.45, 7) is 1.17. The van der Waals surface area contributed by atoms with E-state index < -0.39 is 30.1 Å². The van der Waals surface area contributed by atoms with E-state index in [2.05, 4.69) is 20.8 Å². The monoisotopic (exact) mass is 558 g/mol. The number of nitrogens with one attached hydrogen (secondary N) is 2. The van der Waals surface area contributed by atoms with E-state index in [1.165, 1.54) is 11.8 Å². The first-order valence-corrected chi connectivity index (χ1v) is 12.9. The molecule has 0 radical (unpaired) electrons. The zero-order chi connectivity index (χ0) is 29.1. The summed E-state index contributed by atoms with van der Waals surface area (Å²) in [6.07, 6.45) is 2.17. The van der Waals surface area contributed by atoms with Gasteiger partial charge in [-0.3, -0.25) is 14.4 Å². The van der Waals surface area contributed by atoms with Crippen molar-refractivity contribution in [2.45, 2.75) is 38.6 Å². The third-order valence-electron chi connectivity index (χ3n) is 7.02. The maximum atomic E-state index is 14.5. The number of carbonyl (C=O) groups is 4. The van der Waals surface area contributed by atoms with Gasteiger partial charge in [-0.2, -0.15) is 10.2 Å². The first-order chi connectivity index (χ1) is 19.7. The Kier molecular flexibility index (Phi) is 7.72. The molecule has 0 bridgehead atoms. The van der Waals surface area contributed by atoms with Crippen LogP contribution in [0.25, 0.3) is 22.0 Å². The molecule has 3 N–H and O–H groups in total. The summed E-state index contributed by atoms with van der Waals surface area (Å²) in [6, 6.07) is 12.8. The van der Waals surface area contributed by atoms with Gasteiger partial charge in [0, 0.05) is 46.9 Å². The van der Waals surface area contributed by atoms with Gasteiger partial charge in [-0.1, -0.05) is 18.2 Å². The van der Waals surface area contributed by atoms with E-state index >= 15 is 0 Å². The van der Waals surface area contributed by atoms with Gasteiger partial charge < -0.3 is 25.2 Å². The molecular formula is C29H27FN6O5. The number of amides is 3. The van der Waals surface area contributed by atoms with E-state index in [0.717, 1.165) is 11.1 Å². The van der Waals surface area contributed by atoms with E-state index in [1.807, 2.05) is 18.2 Å². The second kappa shape index (κ2) is 11.5. The lowest BCUT2D eigenvalue weighted by Gasteiger charge is -2.24. The Hall–Kier alpha value is -5.13. The van der Waals surface area contributed by atoms with Crippen LogP contribution in [0.2, 0.25) is 0 Å². The smallest absolute Gasteiger partial charge is 0.404 e. The van der Waals surface area contributed by atoms with Crippen LogP contribution in [0.1, 0.15) is 29.3 Å². The van der Waals surface area contributed by atoms with Gasteiger partial charge >= 0.3 is 6.09 Å². The van der Waals surface area contributed by atoms with Crippen LogP contribution in [-0.2, 0) is 22.7 Å². The van der Waals surface area contributed by atoms with Crippen LogP contribution >= 0.6 is 0 Å². The third-order valence-corrected chi connectivity index (χ3v) is 7.02. The summed E-state index contributed by atoms with van der Waals surface area (Å²) in [5, 5.41) is 22.1. The van der Waals surface area contributed by atoms with Gasteiger partial charge in [-0.05, 0) is 48.4 Å². The predicted molar refractivity (Wildman–Crippen MR) is 148 cm³/mol. The molecule has 41 heavy (non-hydrogen) atoms. The van der Waals surface area contributed by atoms with Gasteiger partial charge in [0.15, 0.2) is 5.78 Å². The summed E-state index contributed by atoms with van der Waals surface area (Å²) in [5.41, 5.74) is 3.89. The van der Waals surface area contributed by atoms with Gasteiger partial charge in [0.25, 0.3) is 0 Å². The predicted octanol–water partition coefficient (Wildman–Crippen LogP) is 3.65. The molecule has 0 spiro atoms. The molecule has 12 heteroatoms. The molecule has 3 amide bonds. The van der Waals surface area contributed by atoms with Crippen molar-refractivity contribution in [2.75, 3.05) is 11.9 Å². The first-order valence-electron chi connectivity index (χ1n) is 12.9. The highest BCUT2D eigenvalue weighted by Gasteiger charge is 2.40. The van der Waals surface area contributed by atoms with Crippen LogP contribution in [0.15, 0.2) is 67.1 Å². The average Bonchev–Trinajstić information content (AvgIpc) is 3.53. The molecule has 2 atom stereocenters. The number of carboxylic acid groups (broad SMARTS) is 1. The number of likely N-dealkylation sites (tertiary alicyclic amines) is 1. The Bertz CT molecular complexity index is 1620. The highest BCUT2D eigenvalue weighted by Crippen LogP contribution is 2.29. The maximum absolute atomic E-state index is 14.5. The van der Waals surface area contributed by atoms with Gasteiger partial charge in [-0.15, -0.1) is 0 Å². The number of alkyl halides is 1. The second-order valence-corrected chi connectivity index (χ2v) is 9.83. The van der Waals surface area contributed by atoms with Gasteiger partial charge in [0.2, 0.25) is 11.8 Å². The number of aromatic nitrogens is 3. The average molecular weight is 559 g/mol. The molecule has 0 saturated carbocycles. The number of benzene rings is 2. The molecule has 210 valence electrons. The Labute approximate surface area is 234 Å². The molecule has 3 heterocycles. The summed E-state index contributed by atoms with van der Waals surface area (Å²) in [4.78, 5) is 50.8. The SMILES string of the molecule is CC(=O)c1cn(CC(=O)N2C[C@H](F)C[C@H]2C(=O)Nc2ccc(CNC(=O)O)cc2)c2ccc(-c3ccnnc3)cc12. The van der Waals surface area contributed by atoms with E-state index in [-0.39, 0.29) is 31.8 Å². The molecule has 2 aromatic carbocycles. The molecule has 5 rings (SSSR count). The summed E-state index contributed by atoms with van der Waals surface area (Å²) >= 11 is 0. The first kappa shape index (κ1) is 27.4. The molecule has 0 aliphatic carbocycles. The zero-order valence-corrected chi connectivity index (χ0v) is 22.1. The molecule has 0 unspecified atom stereocenters.